The average molecular weight is 381 g/mol. The summed E-state index contributed by atoms with van der Waals surface area (Å²) in [6, 6.07) is 7.69. The van der Waals surface area contributed by atoms with Gasteiger partial charge < -0.3 is 14.4 Å². The zero-order valence-electron chi connectivity index (χ0n) is 15.4. The molecule has 1 aromatic rings. The lowest BCUT2D eigenvalue weighted by Gasteiger charge is -2.29. The number of sulfone groups is 1. The van der Waals surface area contributed by atoms with Crippen LogP contribution in [0.5, 0.6) is 5.75 Å². The molecular formula is C19H27NO5S. The summed E-state index contributed by atoms with van der Waals surface area (Å²) in [4.78, 5) is 14.8. The Bertz CT molecular complexity index is 721. The van der Waals surface area contributed by atoms with Crippen LogP contribution in [-0.4, -0.2) is 56.1 Å². The molecule has 0 aromatic heterocycles. The van der Waals surface area contributed by atoms with Crippen LogP contribution in [0.1, 0.15) is 38.2 Å². The normalized spacial score (nSPS) is 19.8. The van der Waals surface area contributed by atoms with E-state index in [0.29, 0.717) is 32.6 Å². The fourth-order valence-electron chi connectivity index (χ4n) is 3.37. The molecule has 7 heteroatoms. The molecule has 0 bridgehead atoms. The van der Waals surface area contributed by atoms with Gasteiger partial charge in [-0.1, -0.05) is 12.1 Å². The standard InChI is InChI=1S/C19H27NO5S/c1-14(26(22,23)18-9-11-25-12-10-18)19(21)20(16-5-6-16)13-15-3-7-17(24-2)8-4-15/h3-4,7-8,14,16,18H,5-6,9-13H2,1-2H3. The van der Waals surface area contributed by atoms with Crippen LogP contribution in [-0.2, 0) is 25.9 Å². The molecule has 1 atom stereocenters. The SMILES string of the molecule is COc1ccc(CN(C(=O)C(C)S(=O)(=O)C2CCOCC2)C2CC2)cc1. The predicted octanol–water partition coefficient (Wildman–Crippen LogP) is 2.17. The van der Waals surface area contributed by atoms with Gasteiger partial charge in [0.1, 0.15) is 11.0 Å². The molecule has 144 valence electrons. The van der Waals surface area contributed by atoms with Crippen LogP contribution in [0.4, 0.5) is 0 Å². The van der Waals surface area contributed by atoms with Gasteiger partial charge in [-0.05, 0) is 50.3 Å². The van der Waals surface area contributed by atoms with E-state index in [1.54, 1.807) is 12.0 Å². The highest BCUT2D eigenvalue weighted by Gasteiger charge is 2.42. The van der Waals surface area contributed by atoms with Gasteiger partial charge in [-0.15, -0.1) is 0 Å². The van der Waals surface area contributed by atoms with Crippen molar-refractivity contribution in [3.63, 3.8) is 0 Å². The third-order valence-electron chi connectivity index (χ3n) is 5.26. The average Bonchev–Trinajstić information content (AvgIpc) is 3.51. The maximum absolute atomic E-state index is 13.0. The van der Waals surface area contributed by atoms with Gasteiger partial charge in [-0.25, -0.2) is 8.42 Å². The van der Waals surface area contributed by atoms with Crippen LogP contribution in [0, 0.1) is 0 Å². The zero-order chi connectivity index (χ0) is 18.7. The predicted molar refractivity (Wildman–Crippen MR) is 98.8 cm³/mol. The number of carbonyl (C=O) groups excluding carboxylic acids is 1. The second-order valence-electron chi connectivity index (χ2n) is 7.09. The first kappa shape index (κ1) is 19.2. The molecule has 1 aromatic carbocycles. The Balaban J connectivity index is 1.73. The lowest BCUT2D eigenvalue weighted by Crippen LogP contribution is -2.46. The van der Waals surface area contributed by atoms with Crippen molar-refractivity contribution < 1.29 is 22.7 Å². The van der Waals surface area contributed by atoms with Crippen LogP contribution in [0.25, 0.3) is 0 Å². The monoisotopic (exact) mass is 381 g/mol. The number of rotatable bonds is 7. The van der Waals surface area contributed by atoms with E-state index in [4.69, 9.17) is 9.47 Å². The van der Waals surface area contributed by atoms with Crippen LogP contribution < -0.4 is 4.74 Å². The largest absolute Gasteiger partial charge is 0.497 e. The number of nitrogens with zero attached hydrogens (tertiary/aromatic N) is 1. The smallest absolute Gasteiger partial charge is 0.241 e. The van der Waals surface area contributed by atoms with Crippen molar-refractivity contribution in [3.05, 3.63) is 29.8 Å². The maximum atomic E-state index is 13.0. The van der Waals surface area contributed by atoms with Crippen molar-refractivity contribution in [1.29, 1.82) is 0 Å². The van der Waals surface area contributed by atoms with Crippen molar-refractivity contribution in [2.24, 2.45) is 0 Å². The van der Waals surface area contributed by atoms with Crippen LogP contribution in [0.3, 0.4) is 0 Å². The molecule has 1 heterocycles. The second-order valence-corrected chi connectivity index (χ2v) is 9.64. The van der Waals surface area contributed by atoms with Gasteiger partial charge >= 0.3 is 0 Å². The first-order chi connectivity index (χ1) is 12.4. The van der Waals surface area contributed by atoms with E-state index in [9.17, 15) is 13.2 Å². The molecule has 1 amide bonds. The Labute approximate surface area is 155 Å². The summed E-state index contributed by atoms with van der Waals surface area (Å²) < 4.78 is 36.2. The van der Waals surface area contributed by atoms with E-state index in [1.165, 1.54) is 6.92 Å². The van der Waals surface area contributed by atoms with Crippen molar-refractivity contribution in [3.8, 4) is 5.75 Å². The molecule has 1 saturated carbocycles. The van der Waals surface area contributed by atoms with Crippen LogP contribution in [0.2, 0.25) is 0 Å². The molecule has 1 aliphatic carbocycles. The number of hydrogen-bond acceptors (Lipinski definition) is 5. The molecule has 26 heavy (non-hydrogen) atoms. The molecule has 1 unspecified atom stereocenters. The molecule has 2 aliphatic rings. The Kier molecular flexibility index (Phi) is 5.87. The fraction of sp³-hybridized carbons (Fsp3) is 0.632. The first-order valence-electron chi connectivity index (χ1n) is 9.17. The van der Waals surface area contributed by atoms with Gasteiger partial charge in [0.15, 0.2) is 9.84 Å². The third-order valence-corrected chi connectivity index (χ3v) is 7.84. The van der Waals surface area contributed by atoms with E-state index >= 15 is 0 Å². The molecule has 0 N–H and O–H groups in total. The Morgan fingerprint density at radius 1 is 1.19 bits per heavy atom. The summed E-state index contributed by atoms with van der Waals surface area (Å²) >= 11 is 0. The number of benzene rings is 1. The Morgan fingerprint density at radius 3 is 2.35 bits per heavy atom. The lowest BCUT2D eigenvalue weighted by molar-refractivity contribution is -0.131. The number of amides is 1. The quantitative estimate of drug-likeness (QED) is 0.724. The van der Waals surface area contributed by atoms with Crippen LogP contribution >= 0.6 is 0 Å². The van der Waals surface area contributed by atoms with Crippen molar-refractivity contribution in [2.45, 2.75) is 55.7 Å². The van der Waals surface area contributed by atoms with Crippen LogP contribution in [0.15, 0.2) is 24.3 Å². The minimum atomic E-state index is -3.51. The summed E-state index contributed by atoms with van der Waals surface area (Å²) in [5.41, 5.74) is 0.974. The van der Waals surface area contributed by atoms with Gasteiger partial charge in [0.05, 0.1) is 12.4 Å². The van der Waals surface area contributed by atoms with E-state index < -0.39 is 20.3 Å². The first-order valence-corrected chi connectivity index (χ1v) is 10.8. The molecule has 3 rings (SSSR count). The summed E-state index contributed by atoms with van der Waals surface area (Å²) in [6.07, 6.45) is 2.82. The topological polar surface area (TPSA) is 72.9 Å². The number of hydrogen-bond donors (Lipinski definition) is 0. The van der Waals surface area contributed by atoms with Gasteiger partial charge in [-0.3, -0.25) is 4.79 Å². The Morgan fingerprint density at radius 2 is 1.81 bits per heavy atom. The van der Waals surface area contributed by atoms with E-state index in [2.05, 4.69) is 0 Å². The molecule has 0 radical (unpaired) electrons. The van der Waals surface area contributed by atoms with E-state index in [-0.39, 0.29) is 11.9 Å². The van der Waals surface area contributed by atoms with Gasteiger partial charge in [0.25, 0.3) is 0 Å². The highest BCUT2D eigenvalue weighted by Crippen LogP contribution is 2.31. The summed E-state index contributed by atoms with van der Waals surface area (Å²) in [5.74, 6) is 0.475. The lowest BCUT2D eigenvalue weighted by atomic mass is 10.2. The highest BCUT2D eigenvalue weighted by molar-refractivity contribution is 7.93. The highest BCUT2D eigenvalue weighted by atomic mass is 32.2. The number of ether oxygens (including phenoxy) is 2. The van der Waals surface area contributed by atoms with Crippen molar-refractivity contribution in [1.82, 2.24) is 4.90 Å². The molecule has 2 fully saturated rings. The molecule has 6 nitrogen and oxygen atoms in total. The number of methoxy groups -OCH3 is 1. The van der Waals surface area contributed by atoms with E-state index in [0.717, 1.165) is 24.2 Å². The van der Waals surface area contributed by atoms with Crippen molar-refractivity contribution in [2.75, 3.05) is 20.3 Å². The second kappa shape index (κ2) is 7.96. The molecule has 1 aliphatic heterocycles. The van der Waals surface area contributed by atoms with Gasteiger partial charge in [0, 0.05) is 25.8 Å². The summed E-state index contributed by atoms with van der Waals surface area (Å²) in [6.45, 7) is 2.86. The van der Waals surface area contributed by atoms with E-state index in [1.807, 2.05) is 24.3 Å². The fourth-order valence-corrected chi connectivity index (χ4v) is 5.21. The molecule has 0 spiro atoms. The number of carbonyl (C=O) groups is 1. The summed E-state index contributed by atoms with van der Waals surface area (Å²) in [5, 5.41) is -1.48. The molecule has 1 saturated heterocycles. The third kappa shape index (κ3) is 4.20. The van der Waals surface area contributed by atoms with Gasteiger partial charge in [0.2, 0.25) is 5.91 Å². The summed E-state index contributed by atoms with van der Waals surface area (Å²) in [7, 11) is -1.90. The zero-order valence-corrected chi connectivity index (χ0v) is 16.2. The van der Waals surface area contributed by atoms with Crippen molar-refractivity contribution >= 4 is 15.7 Å². The van der Waals surface area contributed by atoms with Gasteiger partial charge in [-0.2, -0.15) is 0 Å². The minimum absolute atomic E-state index is 0.150. The maximum Gasteiger partial charge on any atom is 0.241 e. The Hall–Kier alpha value is -1.60. The minimum Gasteiger partial charge on any atom is -0.497 e. The molecular weight excluding hydrogens is 354 g/mol.